The molecular formula is C17H18N4O5. The van der Waals surface area contributed by atoms with Crippen molar-refractivity contribution >= 4 is 11.8 Å². The van der Waals surface area contributed by atoms with Crippen LogP contribution < -0.4 is 10.3 Å². The van der Waals surface area contributed by atoms with Crippen LogP contribution in [0.4, 0.5) is 10.5 Å². The van der Waals surface area contributed by atoms with Gasteiger partial charge < -0.3 is 14.2 Å². The van der Waals surface area contributed by atoms with E-state index in [1.165, 1.54) is 35.4 Å². The molecule has 1 aliphatic rings. The highest BCUT2D eigenvalue weighted by Crippen LogP contribution is 2.22. The zero-order chi connectivity index (χ0) is 18.7. The largest absolute Gasteiger partial charge is 0.415 e. The van der Waals surface area contributed by atoms with Gasteiger partial charge in [-0.25, -0.2) is 4.79 Å². The van der Waals surface area contributed by atoms with E-state index in [4.69, 9.17) is 4.74 Å². The second-order valence-corrected chi connectivity index (χ2v) is 6.14. The van der Waals surface area contributed by atoms with Gasteiger partial charge in [-0.2, -0.15) is 0 Å². The smallest absolute Gasteiger partial charge is 0.410 e. The Hall–Kier alpha value is -3.23. The standard InChI is InChI=1S/C17H18N4O5/c1-12-10-20(16(22)9-18-12)14-3-2-8-19(11-14)17(23)26-15-6-4-13(5-7-15)21(24)25/h4-7,9-10,14H,2-3,8,11H2,1H3/t14-/m1/s1. The lowest BCUT2D eigenvalue weighted by Gasteiger charge is -2.32. The van der Waals surface area contributed by atoms with Crippen molar-refractivity contribution in [1.29, 1.82) is 0 Å². The number of rotatable bonds is 3. The fraction of sp³-hybridized carbons (Fsp3) is 0.353. The van der Waals surface area contributed by atoms with E-state index in [1.54, 1.807) is 17.7 Å². The lowest BCUT2D eigenvalue weighted by molar-refractivity contribution is -0.384. The van der Waals surface area contributed by atoms with Crippen molar-refractivity contribution in [3.63, 3.8) is 0 Å². The van der Waals surface area contributed by atoms with Gasteiger partial charge >= 0.3 is 6.09 Å². The molecule has 136 valence electrons. The van der Waals surface area contributed by atoms with Crippen LogP contribution in [0.25, 0.3) is 0 Å². The summed E-state index contributed by atoms with van der Waals surface area (Å²) in [7, 11) is 0. The van der Waals surface area contributed by atoms with Gasteiger partial charge in [-0.05, 0) is 31.9 Å². The van der Waals surface area contributed by atoms with Gasteiger partial charge in [0.2, 0.25) is 0 Å². The molecular weight excluding hydrogens is 340 g/mol. The van der Waals surface area contributed by atoms with Crippen LogP contribution in [0.5, 0.6) is 5.75 Å². The Bertz CT molecular complexity index is 877. The van der Waals surface area contributed by atoms with Gasteiger partial charge in [-0.15, -0.1) is 0 Å². The normalized spacial score (nSPS) is 17.0. The Kier molecular flexibility index (Phi) is 4.97. The number of piperidine rings is 1. The first kappa shape index (κ1) is 17.6. The predicted molar refractivity (Wildman–Crippen MR) is 92.2 cm³/mol. The highest BCUT2D eigenvalue weighted by Gasteiger charge is 2.26. The number of carbonyl (C=O) groups excluding carboxylic acids is 1. The average Bonchev–Trinajstić information content (AvgIpc) is 2.64. The van der Waals surface area contributed by atoms with Gasteiger partial charge in [0.15, 0.2) is 0 Å². The lowest BCUT2D eigenvalue weighted by atomic mass is 10.1. The summed E-state index contributed by atoms with van der Waals surface area (Å²) in [6.45, 7) is 2.69. The Morgan fingerprint density at radius 2 is 2.08 bits per heavy atom. The molecule has 1 aliphatic heterocycles. The summed E-state index contributed by atoms with van der Waals surface area (Å²) in [6.07, 6.45) is 3.96. The molecule has 2 aromatic rings. The molecule has 9 heteroatoms. The predicted octanol–water partition coefficient (Wildman–Crippen LogP) is 2.30. The van der Waals surface area contributed by atoms with Crippen LogP contribution in [0.3, 0.4) is 0 Å². The quantitative estimate of drug-likeness (QED) is 0.615. The third-order valence-corrected chi connectivity index (χ3v) is 4.26. The van der Waals surface area contributed by atoms with Crippen molar-refractivity contribution in [3.8, 4) is 5.75 Å². The summed E-state index contributed by atoms with van der Waals surface area (Å²) in [5, 5.41) is 10.7. The van der Waals surface area contributed by atoms with E-state index < -0.39 is 11.0 Å². The Morgan fingerprint density at radius 1 is 1.35 bits per heavy atom. The van der Waals surface area contributed by atoms with Gasteiger partial charge in [-0.1, -0.05) is 0 Å². The Balaban J connectivity index is 1.69. The summed E-state index contributed by atoms with van der Waals surface area (Å²) in [5.41, 5.74) is 0.455. The molecule has 1 aromatic carbocycles. The van der Waals surface area contributed by atoms with E-state index >= 15 is 0 Å². The molecule has 3 rings (SSSR count). The summed E-state index contributed by atoms with van der Waals surface area (Å²) in [6, 6.07) is 5.19. The number of likely N-dealkylation sites (tertiary alicyclic amines) is 1. The molecule has 1 fully saturated rings. The van der Waals surface area contributed by atoms with Crippen molar-refractivity contribution < 1.29 is 14.5 Å². The molecule has 0 aliphatic carbocycles. The first-order chi connectivity index (χ1) is 12.4. The van der Waals surface area contributed by atoms with Gasteiger partial charge in [0.1, 0.15) is 5.75 Å². The topological polar surface area (TPSA) is 108 Å². The van der Waals surface area contributed by atoms with Crippen molar-refractivity contribution in [2.24, 2.45) is 0 Å². The van der Waals surface area contributed by atoms with Crippen LogP contribution in [0.1, 0.15) is 24.6 Å². The van der Waals surface area contributed by atoms with Crippen LogP contribution in [-0.2, 0) is 0 Å². The summed E-state index contributed by atoms with van der Waals surface area (Å²) >= 11 is 0. The van der Waals surface area contributed by atoms with E-state index in [0.29, 0.717) is 13.1 Å². The van der Waals surface area contributed by atoms with Crippen molar-refractivity contribution in [2.45, 2.75) is 25.8 Å². The molecule has 2 heterocycles. The molecule has 0 N–H and O–H groups in total. The fourth-order valence-electron chi connectivity index (χ4n) is 2.96. The number of benzene rings is 1. The summed E-state index contributed by atoms with van der Waals surface area (Å²) in [5.74, 6) is 0.236. The zero-order valence-electron chi connectivity index (χ0n) is 14.2. The third kappa shape index (κ3) is 3.88. The van der Waals surface area contributed by atoms with Gasteiger partial charge in [0.05, 0.1) is 22.9 Å². The molecule has 0 saturated carbocycles. The number of nitro benzene ring substituents is 1. The number of hydrogen-bond acceptors (Lipinski definition) is 6. The van der Waals surface area contributed by atoms with Gasteiger partial charge in [-0.3, -0.25) is 19.9 Å². The molecule has 1 atom stereocenters. The van der Waals surface area contributed by atoms with Gasteiger partial charge in [0.25, 0.3) is 11.2 Å². The molecule has 1 aromatic heterocycles. The van der Waals surface area contributed by atoms with E-state index in [0.717, 1.165) is 18.5 Å². The van der Waals surface area contributed by atoms with Crippen LogP contribution in [0.15, 0.2) is 41.5 Å². The minimum Gasteiger partial charge on any atom is -0.410 e. The third-order valence-electron chi connectivity index (χ3n) is 4.26. The monoisotopic (exact) mass is 358 g/mol. The molecule has 26 heavy (non-hydrogen) atoms. The maximum Gasteiger partial charge on any atom is 0.415 e. The molecule has 1 amide bonds. The number of non-ortho nitro benzene ring substituents is 1. The Morgan fingerprint density at radius 3 is 2.77 bits per heavy atom. The number of ether oxygens (including phenoxy) is 1. The molecule has 0 spiro atoms. The molecule has 9 nitrogen and oxygen atoms in total. The highest BCUT2D eigenvalue weighted by molar-refractivity contribution is 5.71. The molecule has 0 unspecified atom stereocenters. The van der Waals surface area contributed by atoms with Crippen LogP contribution >= 0.6 is 0 Å². The van der Waals surface area contributed by atoms with Crippen LogP contribution in [0, 0.1) is 17.0 Å². The molecule has 1 saturated heterocycles. The maximum atomic E-state index is 12.4. The highest BCUT2D eigenvalue weighted by atomic mass is 16.6. The zero-order valence-corrected chi connectivity index (χ0v) is 14.2. The Labute approximate surface area is 149 Å². The maximum absolute atomic E-state index is 12.4. The summed E-state index contributed by atoms with van der Waals surface area (Å²) < 4.78 is 6.90. The lowest BCUT2D eigenvalue weighted by Crippen LogP contribution is -2.44. The number of nitrogens with zero attached hydrogens (tertiary/aromatic N) is 4. The minimum atomic E-state index is -0.539. The SMILES string of the molecule is Cc1cn([C@@H]2CCCN(C(=O)Oc3ccc([N+](=O)[O-])cc3)C2)c(=O)cn1. The van der Waals surface area contributed by atoms with Crippen LogP contribution in [0.2, 0.25) is 0 Å². The number of aryl methyl sites for hydroxylation is 1. The number of carbonyl (C=O) groups is 1. The van der Waals surface area contributed by atoms with Crippen LogP contribution in [-0.4, -0.2) is 38.6 Å². The summed E-state index contributed by atoms with van der Waals surface area (Å²) in [4.78, 5) is 40.1. The van der Waals surface area contributed by atoms with Crippen molar-refractivity contribution in [1.82, 2.24) is 14.5 Å². The second-order valence-electron chi connectivity index (χ2n) is 6.14. The molecule has 0 bridgehead atoms. The van der Waals surface area contributed by atoms with Crippen molar-refractivity contribution in [3.05, 3.63) is 62.8 Å². The number of nitro groups is 1. The fourth-order valence-corrected chi connectivity index (χ4v) is 2.96. The first-order valence-corrected chi connectivity index (χ1v) is 8.20. The second kappa shape index (κ2) is 7.34. The molecule has 0 radical (unpaired) electrons. The van der Waals surface area contributed by atoms with Crippen molar-refractivity contribution in [2.75, 3.05) is 13.1 Å². The number of amides is 1. The van der Waals surface area contributed by atoms with E-state index in [2.05, 4.69) is 4.98 Å². The first-order valence-electron chi connectivity index (χ1n) is 8.20. The number of aromatic nitrogens is 2. The van der Waals surface area contributed by atoms with E-state index in [1.807, 2.05) is 0 Å². The number of hydrogen-bond donors (Lipinski definition) is 0. The average molecular weight is 358 g/mol. The minimum absolute atomic E-state index is 0.0738. The van der Waals surface area contributed by atoms with E-state index in [9.17, 15) is 19.7 Å². The van der Waals surface area contributed by atoms with Gasteiger partial charge in [0, 0.05) is 31.4 Å². The van der Waals surface area contributed by atoms with E-state index in [-0.39, 0.29) is 23.0 Å².